The molecule has 0 aliphatic rings. The molecular formula is C15H24N2O. The van der Waals surface area contributed by atoms with Crippen LogP contribution < -0.4 is 10.5 Å². The van der Waals surface area contributed by atoms with Gasteiger partial charge in [-0.3, -0.25) is 5.41 Å². The van der Waals surface area contributed by atoms with Crippen molar-refractivity contribution >= 4 is 5.84 Å². The number of rotatable bonds is 6. The van der Waals surface area contributed by atoms with E-state index < -0.39 is 0 Å². The van der Waals surface area contributed by atoms with E-state index in [0.29, 0.717) is 6.61 Å². The fraction of sp³-hybridized carbons (Fsp3) is 0.533. The van der Waals surface area contributed by atoms with Crippen LogP contribution in [0.2, 0.25) is 0 Å². The van der Waals surface area contributed by atoms with Crippen LogP contribution in [0.15, 0.2) is 18.2 Å². The predicted octanol–water partition coefficient (Wildman–Crippen LogP) is 3.42. The molecule has 1 rings (SSSR count). The maximum atomic E-state index is 7.50. The highest BCUT2D eigenvalue weighted by molar-refractivity contribution is 5.82. The molecule has 0 amide bonds. The topological polar surface area (TPSA) is 59.1 Å². The summed E-state index contributed by atoms with van der Waals surface area (Å²) in [6.07, 6.45) is 1.77. The first kappa shape index (κ1) is 14.6. The highest BCUT2D eigenvalue weighted by atomic mass is 16.5. The average molecular weight is 248 g/mol. The van der Waals surface area contributed by atoms with Gasteiger partial charge in [-0.05, 0) is 37.8 Å². The molecule has 0 heterocycles. The monoisotopic (exact) mass is 248 g/mol. The number of nitrogens with one attached hydrogen (secondary N) is 1. The lowest BCUT2D eigenvalue weighted by Crippen LogP contribution is -2.31. The molecule has 0 aromatic heterocycles. The Bertz CT molecular complexity index is 404. The molecule has 3 nitrogen and oxygen atoms in total. The molecule has 0 fully saturated rings. The molecular weight excluding hydrogens is 224 g/mol. The minimum atomic E-state index is -0.232. The normalized spacial score (nSPS) is 11.3. The molecule has 100 valence electrons. The molecule has 0 spiro atoms. The molecule has 0 atom stereocenters. The highest BCUT2D eigenvalue weighted by Crippen LogP contribution is 2.24. The molecule has 0 saturated heterocycles. The molecule has 0 unspecified atom stereocenters. The second-order valence-corrected chi connectivity index (χ2v) is 5.47. The van der Waals surface area contributed by atoms with E-state index >= 15 is 0 Å². The third kappa shape index (κ3) is 3.76. The standard InChI is InChI=1S/C15H24N2O/c1-11-7-5-8-12(2)13(11)18-10-6-9-15(3,4)14(16)17/h5,7-8H,6,9-10H2,1-4H3,(H3,16,17). The van der Waals surface area contributed by atoms with E-state index in [0.717, 1.165) is 18.6 Å². The van der Waals surface area contributed by atoms with Crippen LogP contribution in [-0.2, 0) is 0 Å². The molecule has 0 bridgehead atoms. The number of nitrogens with two attached hydrogens (primary N) is 1. The van der Waals surface area contributed by atoms with Crippen molar-refractivity contribution in [3.63, 3.8) is 0 Å². The van der Waals surface area contributed by atoms with Crippen molar-refractivity contribution in [2.24, 2.45) is 11.1 Å². The zero-order valence-electron chi connectivity index (χ0n) is 11.8. The lowest BCUT2D eigenvalue weighted by atomic mass is 9.87. The first-order valence-corrected chi connectivity index (χ1v) is 6.38. The molecule has 1 aromatic carbocycles. The van der Waals surface area contributed by atoms with Gasteiger partial charge >= 0.3 is 0 Å². The Hall–Kier alpha value is -1.51. The van der Waals surface area contributed by atoms with E-state index in [2.05, 4.69) is 26.0 Å². The lowest BCUT2D eigenvalue weighted by Gasteiger charge is -2.22. The smallest absolute Gasteiger partial charge is 0.125 e. The second-order valence-electron chi connectivity index (χ2n) is 5.47. The molecule has 3 N–H and O–H groups in total. The molecule has 0 aliphatic heterocycles. The maximum absolute atomic E-state index is 7.50. The number of aryl methyl sites for hydroxylation is 2. The third-order valence-electron chi connectivity index (χ3n) is 3.33. The number of ether oxygens (including phenoxy) is 1. The minimum absolute atomic E-state index is 0.232. The van der Waals surface area contributed by atoms with Crippen molar-refractivity contribution in [2.45, 2.75) is 40.5 Å². The van der Waals surface area contributed by atoms with Gasteiger partial charge in [-0.1, -0.05) is 32.0 Å². The van der Waals surface area contributed by atoms with Crippen molar-refractivity contribution < 1.29 is 4.74 Å². The van der Waals surface area contributed by atoms with Crippen LogP contribution in [0.1, 0.15) is 37.8 Å². The number of para-hydroxylation sites is 1. The van der Waals surface area contributed by atoms with Crippen molar-refractivity contribution in [3.8, 4) is 5.75 Å². The number of amidine groups is 1. The van der Waals surface area contributed by atoms with E-state index in [1.165, 1.54) is 11.1 Å². The quantitative estimate of drug-likeness (QED) is 0.460. The van der Waals surface area contributed by atoms with Gasteiger partial charge in [0.25, 0.3) is 0 Å². The zero-order valence-corrected chi connectivity index (χ0v) is 11.8. The van der Waals surface area contributed by atoms with Gasteiger partial charge < -0.3 is 10.5 Å². The Morgan fingerprint density at radius 2 is 1.83 bits per heavy atom. The Balaban J connectivity index is 2.46. The van der Waals surface area contributed by atoms with E-state index in [-0.39, 0.29) is 11.3 Å². The van der Waals surface area contributed by atoms with Gasteiger partial charge in [-0.15, -0.1) is 0 Å². The summed E-state index contributed by atoms with van der Waals surface area (Å²) in [5.41, 5.74) is 7.66. The molecule has 0 aliphatic carbocycles. The zero-order chi connectivity index (χ0) is 13.8. The van der Waals surface area contributed by atoms with Gasteiger partial charge in [-0.2, -0.15) is 0 Å². The van der Waals surface area contributed by atoms with Crippen LogP contribution in [0.3, 0.4) is 0 Å². The second kappa shape index (κ2) is 5.89. The van der Waals surface area contributed by atoms with E-state index in [4.69, 9.17) is 15.9 Å². The minimum Gasteiger partial charge on any atom is -0.493 e. The Kier molecular flexibility index (Phi) is 4.76. The van der Waals surface area contributed by atoms with E-state index in [9.17, 15) is 0 Å². The Labute approximate surface area is 110 Å². The number of hydrogen-bond donors (Lipinski definition) is 2. The van der Waals surface area contributed by atoms with Crippen LogP contribution >= 0.6 is 0 Å². The van der Waals surface area contributed by atoms with Gasteiger partial charge in [0.05, 0.1) is 12.4 Å². The summed E-state index contributed by atoms with van der Waals surface area (Å²) in [5, 5.41) is 7.50. The van der Waals surface area contributed by atoms with Crippen molar-refractivity contribution in [2.75, 3.05) is 6.61 Å². The molecule has 3 heteroatoms. The Morgan fingerprint density at radius 1 is 1.28 bits per heavy atom. The average Bonchev–Trinajstić information content (AvgIpc) is 2.27. The summed E-state index contributed by atoms with van der Waals surface area (Å²) in [5.74, 6) is 1.23. The molecule has 0 saturated carbocycles. The predicted molar refractivity (Wildman–Crippen MR) is 76.3 cm³/mol. The summed E-state index contributed by atoms with van der Waals surface area (Å²) in [4.78, 5) is 0. The highest BCUT2D eigenvalue weighted by Gasteiger charge is 2.20. The summed E-state index contributed by atoms with van der Waals surface area (Å²) < 4.78 is 5.83. The van der Waals surface area contributed by atoms with Gasteiger partial charge in [0.1, 0.15) is 5.75 Å². The van der Waals surface area contributed by atoms with Crippen molar-refractivity contribution in [1.29, 1.82) is 5.41 Å². The summed E-state index contributed by atoms with van der Waals surface area (Å²) >= 11 is 0. The van der Waals surface area contributed by atoms with Gasteiger partial charge in [0, 0.05) is 5.41 Å². The largest absolute Gasteiger partial charge is 0.493 e. The molecule has 18 heavy (non-hydrogen) atoms. The fourth-order valence-corrected chi connectivity index (χ4v) is 1.85. The molecule has 0 radical (unpaired) electrons. The van der Waals surface area contributed by atoms with Crippen LogP contribution in [0.5, 0.6) is 5.75 Å². The van der Waals surface area contributed by atoms with E-state index in [1.807, 2.05) is 19.9 Å². The summed E-state index contributed by atoms with van der Waals surface area (Å²) in [7, 11) is 0. The summed E-state index contributed by atoms with van der Waals surface area (Å²) in [6.45, 7) is 8.77. The van der Waals surface area contributed by atoms with Crippen LogP contribution in [0.4, 0.5) is 0 Å². The van der Waals surface area contributed by atoms with Crippen LogP contribution in [0.25, 0.3) is 0 Å². The van der Waals surface area contributed by atoms with Crippen molar-refractivity contribution in [1.82, 2.24) is 0 Å². The Morgan fingerprint density at radius 3 is 2.33 bits per heavy atom. The SMILES string of the molecule is Cc1cccc(C)c1OCCCC(C)(C)C(=N)N. The number of hydrogen-bond acceptors (Lipinski definition) is 2. The van der Waals surface area contributed by atoms with Gasteiger partial charge in [-0.25, -0.2) is 0 Å². The van der Waals surface area contributed by atoms with Crippen molar-refractivity contribution in [3.05, 3.63) is 29.3 Å². The maximum Gasteiger partial charge on any atom is 0.125 e. The lowest BCUT2D eigenvalue weighted by molar-refractivity contribution is 0.283. The van der Waals surface area contributed by atoms with Crippen LogP contribution in [0, 0.1) is 24.7 Å². The third-order valence-corrected chi connectivity index (χ3v) is 3.33. The summed E-state index contributed by atoms with van der Waals surface area (Å²) in [6, 6.07) is 6.15. The fourth-order valence-electron chi connectivity index (χ4n) is 1.85. The first-order chi connectivity index (χ1) is 8.34. The van der Waals surface area contributed by atoms with Gasteiger partial charge in [0.2, 0.25) is 0 Å². The van der Waals surface area contributed by atoms with Gasteiger partial charge in [0.15, 0.2) is 0 Å². The first-order valence-electron chi connectivity index (χ1n) is 6.38. The van der Waals surface area contributed by atoms with Crippen LogP contribution in [-0.4, -0.2) is 12.4 Å². The molecule has 1 aromatic rings. The van der Waals surface area contributed by atoms with E-state index in [1.54, 1.807) is 0 Å². The number of benzene rings is 1.